The highest BCUT2D eigenvalue weighted by Gasteiger charge is 2.25. The number of hydrogen-bond donors (Lipinski definition) is 1. The molecule has 136 valence electrons. The van der Waals surface area contributed by atoms with E-state index in [1.54, 1.807) is 6.26 Å². The lowest BCUT2D eigenvalue weighted by molar-refractivity contribution is -0.126. The maximum absolute atomic E-state index is 12.6. The maximum Gasteiger partial charge on any atom is 0.237 e. The van der Waals surface area contributed by atoms with Gasteiger partial charge in [-0.3, -0.25) is 14.6 Å². The van der Waals surface area contributed by atoms with E-state index in [1.807, 2.05) is 19.1 Å². The van der Waals surface area contributed by atoms with Crippen LogP contribution in [0.3, 0.4) is 0 Å². The Bertz CT molecular complexity index is 463. The molecule has 0 saturated carbocycles. The molecule has 1 aromatic heterocycles. The van der Waals surface area contributed by atoms with Crippen LogP contribution in [0.1, 0.15) is 58.3 Å². The van der Waals surface area contributed by atoms with Crippen LogP contribution >= 0.6 is 0 Å². The first-order chi connectivity index (χ1) is 11.7. The van der Waals surface area contributed by atoms with Gasteiger partial charge < -0.3 is 9.73 Å². The fourth-order valence-corrected chi connectivity index (χ4v) is 3.55. The van der Waals surface area contributed by atoms with Gasteiger partial charge in [0.05, 0.1) is 18.3 Å². The van der Waals surface area contributed by atoms with Crippen molar-refractivity contribution in [2.75, 3.05) is 32.7 Å². The highest BCUT2D eigenvalue weighted by atomic mass is 16.3. The monoisotopic (exact) mass is 335 g/mol. The van der Waals surface area contributed by atoms with Crippen molar-refractivity contribution in [3.8, 4) is 0 Å². The molecule has 1 N–H and O–H groups in total. The average Bonchev–Trinajstić information content (AvgIpc) is 2.99. The number of nitrogens with zero attached hydrogens (tertiary/aromatic N) is 2. The zero-order chi connectivity index (χ0) is 17.4. The third-order valence-corrected chi connectivity index (χ3v) is 5.16. The molecule has 0 aliphatic carbocycles. The molecule has 1 aromatic rings. The van der Waals surface area contributed by atoms with Crippen LogP contribution in [0.15, 0.2) is 22.8 Å². The smallest absolute Gasteiger partial charge is 0.237 e. The predicted octanol–water partition coefficient (Wildman–Crippen LogP) is 3.04. The van der Waals surface area contributed by atoms with Crippen molar-refractivity contribution in [2.45, 2.75) is 58.5 Å². The second-order valence-corrected chi connectivity index (χ2v) is 6.62. The second-order valence-electron chi connectivity index (χ2n) is 6.62. The summed E-state index contributed by atoms with van der Waals surface area (Å²) in [6, 6.07) is 3.94. The minimum atomic E-state index is -0.0583. The van der Waals surface area contributed by atoms with Gasteiger partial charge in [-0.05, 0) is 58.1 Å². The van der Waals surface area contributed by atoms with Crippen molar-refractivity contribution in [3.05, 3.63) is 24.2 Å². The molecule has 2 atom stereocenters. The van der Waals surface area contributed by atoms with Crippen LogP contribution in [-0.4, -0.2) is 54.5 Å². The first-order valence-corrected chi connectivity index (χ1v) is 9.46. The topological polar surface area (TPSA) is 48.7 Å². The Morgan fingerprint density at radius 2 is 1.92 bits per heavy atom. The van der Waals surface area contributed by atoms with Crippen molar-refractivity contribution in [3.63, 3.8) is 0 Å². The number of likely N-dealkylation sites (N-methyl/N-ethyl adjacent to an activating group) is 1. The number of furan rings is 1. The molecule has 2 rings (SSSR count). The van der Waals surface area contributed by atoms with Gasteiger partial charge in [0.25, 0.3) is 0 Å². The molecule has 1 saturated heterocycles. The number of hydrogen-bond acceptors (Lipinski definition) is 4. The van der Waals surface area contributed by atoms with Crippen molar-refractivity contribution in [1.29, 1.82) is 0 Å². The molecule has 0 aromatic carbocycles. The summed E-state index contributed by atoms with van der Waals surface area (Å²) < 4.78 is 5.60. The van der Waals surface area contributed by atoms with E-state index in [2.05, 4.69) is 29.0 Å². The molecule has 5 heteroatoms. The molecule has 0 radical (unpaired) electrons. The summed E-state index contributed by atoms with van der Waals surface area (Å²) in [5, 5.41) is 3.16. The highest BCUT2D eigenvalue weighted by Crippen LogP contribution is 2.20. The predicted molar refractivity (Wildman–Crippen MR) is 96.9 cm³/mol. The second kappa shape index (κ2) is 9.84. The zero-order valence-electron chi connectivity index (χ0n) is 15.5. The van der Waals surface area contributed by atoms with Crippen molar-refractivity contribution in [1.82, 2.24) is 15.1 Å². The van der Waals surface area contributed by atoms with Gasteiger partial charge in [-0.2, -0.15) is 0 Å². The lowest BCUT2D eigenvalue weighted by Gasteiger charge is -2.30. The van der Waals surface area contributed by atoms with E-state index in [-0.39, 0.29) is 18.0 Å². The molecular weight excluding hydrogens is 302 g/mol. The van der Waals surface area contributed by atoms with E-state index >= 15 is 0 Å². The Morgan fingerprint density at radius 3 is 2.46 bits per heavy atom. The quantitative estimate of drug-likeness (QED) is 0.793. The standard InChI is InChI=1S/C19H33N3O2/c1-4-21(5-2)17(18-11-10-14-24-18)15-20-19(23)16(3)22-12-8-6-7-9-13-22/h10-11,14,16-17H,4-9,12-13,15H2,1-3H3,(H,20,23). The van der Waals surface area contributed by atoms with Gasteiger partial charge >= 0.3 is 0 Å². The number of carbonyl (C=O) groups excluding carboxylic acids is 1. The Hall–Kier alpha value is -1.33. The van der Waals surface area contributed by atoms with Gasteiger partial charge in [-0.15, -0.1) is 0 Å². The van der Waals surface area contributed by atoms with E-state index in [9.17, 15) is 4.79 Å². The largest absolute Gasteiger partial charge is 0.468 e. The molecule has 1 aliphatic rings. The molecule has 24 heavy (non-hydrogen) atoms. The summed E-state index contributed by atoms with van der Waals surface area (Å²) in [5.74, 6) is 1.04. The van der Waals surface area contributed by atoms with Gasteiger partial charge in [0.2, 0.25) is 5.91 Å². The third-order valence-electron chi connectivity index (χ3n) is 5.16. The number of amides is 1. The summed E-state index contributed by atoms with van der Waals surface area (Å²) in [6.45, 7) is 10.8. The lowest BCUT2D eigenvalue weighted by atomic mass is 10.1. The van der Waals surface area contributed by atoms with E-state index < -0.39 is 0 Å². The summed E-state index contributed by atoms with van der Waals surface area (Å²) in [4.78, 5) is 17.3. The Morgan fingerprint density at radius 1 is 1.25 bits per heavy atom. The van der Waals surface area contributed by atoms with E-state index in [0.29, 0.717) is 6.54 Å². The van der Waals surface area contributed by atoms with E-state index in [1.165, 1.54) is 25.7 Å². The van der Waals surface area contributed by atoms with Crippen LogP contribution in [0.2, 0.25) is 0 Å². The Balaban J connectivity index is 1.93. The molecule has 0 bridgehead atoms. The molecule has 1 amide bonds. The van der Waals surface area contributed by atoms with Crippen LogP contribution in [-0.2, 0) is 4.79 Å². The fourth-order valence-electron chi connectivity index (χ4n) is 3.55. The van der Waals surface area contributed by atoms with E-state index in [4.69, 9.17) is 4.42 Å². The van der Waals surface area contributed by atoms with Crippen LogP contribution in [0.4, 0.5) is 0 Å². The third kappa shape index (κ3) is 5.08. The SMILES string of the molecule is CCN(CC)C(CNC(=O)C(C)N1CCCCCC1)c1ccco1. The van der Waals surface area contributed by atoms with Gasteiger partial charge in [-0.1, -0.05) is 26.7 Å². The van der Waals surface area contributed by atoms with Crippen LogP contribution in [0.25, 0.3) is 0 Å². The van der Waals surface area contributed by atoms with Crippen molar-refractivity contribution in [2.24, 2.45) is 0 Å². The fraction of sp³-hybridized carbons (Fsp3) is 0.737. The van der Waals surface area contributed by atoms with Gasteiger partial charge in [0.15, 0.2) is 0 Å². The molecular formula is C19H33N3O2. The molecule has 2 unspecified atom stereocenters. The first-order valence-electron chi connectivity index (χ1n) is 9.46. The number of likely N-dealkylation sites (tertiary alicyclic amines) is 1. The van der Waals surface area contributed by atoms with Crippen LogP contribution < -0.4 is 5.32 Å². The van der Waals surface area contributed by atoms with Crippen LogP contribution in [0, 0.1) is 0 Å². The van der Waals surface area contributed by atoms with Gasteiger partial charge in [0, 0.05) is 6.54 Å². The summed E-state index contributed by atoms with van der Waals surface area (Å²) in [7, 11) is 0. The summed E-state index contributed by atoms with van der Waals surface area (Å²) in [5.41, 5.74) is 0. The maximum atomic E-state index is 12.6. The summed E-state index contributed by atoms with van der Waals surface area (Å²) >= 11 is 0. The Labute approximate surface area is 146 Å². The van der Waals surface area contributed by atoms with Crippen molar-refractivity contribution < 1.29 is 9.21 Å². The summed E-state index contributed by atoms with van der Waals surface area (Å²) in [6.07, 6.45) is 6.67. The van der Waals surface area contributed by atoms with E-state index in [0.717, 1.165) is 31.9 Å². The van der Waals surface area contributed by atoms with Crippen molar-refractivity contribution >= 4 is 5.91 Å². The highest BCUT2D eigenvalue weighted by molar-refractivity contribution is 5.81. The normalized spacial score (nSPS) is 19.0. The average molecular weight is 335 g/mol. The number of rotatable bonds is 8. The zero-order valence-corrected chi connectivity index (χ0v) is 15.5. The number of carbonyl (C=O) groups is 1. The first kappa shape index (κ1) is 19.0. The van der Waals surface area contributed by atoms with Crippen LogP contribution in [0.5, 0.6) is 0 Å². The molecule has 2 heterocycles. The van der Waals surface area contributed by atoms with Gasteiger partial charge in [-0.25, -0.2) is 0 Å². The minimum absolute atomic E-state index is 0.0583. The molecule has 1 aliphatic heterocycles. The lowest BCUT2D eigenvalue weighted by Crippen LogP contribution is -2.47. The molecule has 0 spiro atoms. The number of nitrogens with one attached hydrogen (secondary N) is 1. The minimum Gasteiger partial charge on any atom is -0.468 e. The van der Waals surface area contributed by atoms with Gasteiger partial charge in [0.1, 0.15) is 5.76 Å². The Kier molecular flexibility index (Phi) is 7.79. The molecule has 5 nitrogen and oxygen atoms in total. The molecule has 1 fully saturated rings.